The summed E-state index contributed by atoms with van der Waals surface area (Å²) in [4.78, 5) is 12.0. The Bertz CT molecular complexity index is 438. The van der Waals surface area contributed by atoms with Crippen LogP contribution in [0, 0.1) is 5.41 Å². The number of rotatable bonds is 4. The molecular weight excluding hydrogens is 252 g/mol. The smallest absolute Gasteiger partial charge is 0.314 e. The standard InChI is InChI=1S/C14H19ClO3/c1-5-18-12(16)13(2,3)14(4,17)10-8-6-7-9-11(10)15/h6-9,17H,5H2,1-4H3. The van der Waals surface area contributed by atoms with Gasteiger partial charge in [0.15, 0.2) is 0 Å². The summed E-state index contributed by atoms with van der Waals surface area (Å²) in [7, 11) is 0. The van der Waals surface area contributed by atoms with Crippen LogP contribution in [-0.2, 0) is 15.1 Å². The number of carbonyl (C=O) groups is 1. The summed E-state index contributed by atoms with van der Waals surface area (Å²) in [5.41, 5.74) is -1.98. The van der Waals surface area contributed by atoms with Crippen molar-refractivity contribution in [2.24, 2.45) is 5.41 Å². The first-order valence-electron chi connectivity index (χ1n) is 5.89. The Labute approximate surface area is 113 Å². The van der Waals surface area contributed by atoms with E-state index in [0.29, 0.717) is 10.6 Å². The first-order chi connectivity index (χ1) is 8.25. The van der Waals surface area contributed by atoms with E-state index >= 15 is 0 Å². The highest BCUT2D eigenvalue weighted by atomic mass is 35.5. The molecule has 0 radical (unpaired) electrons. The molecule has 0 aliphatic rings. The van der Waals surface area contributed by atoms with Crippen molar-refractivity contribution in [1.29, 1.82) is 0 Å². The maximum atomic E-state index is 12.0. The summed E-state index contributed by atoms with van der Waals surface area (Å²) in [5, 5.41) is 11.1. The third-order valence-electron chi connectivity index (χ3n) is 3.40. The number of aliphatic hydroxyl groups is 1. The highest BCUT2D eigenvalue weighted by Crippen LogP contribution is 2.42. The van der Waals surface area contributed by atoms with Crippen LogP contribution in [0.1, 0.15) is 33.3 Å². The zero-order valence-electron chi connectivity index (χ0n) is 11.2. The zero-order valence-corrected chi connectivity index (χ0v) is 11.9. The van der Waals surface area contributed by atoms with Crippen molar-refractivity contribution in [3.05, 3.63) is 34.9 Å². The molecule has 3 nitrogen and oxygen atoms in total. The maximum Gasteiger partial charge on any atom is 0.314 e. The van der Waals surface area contributed by atoms with E-state index in [0.717, 1.165) is 0 Å². The molecule has 0 bridgehead atoms. The molecule has 0 aliphatic carbocycles. The van der Waals surface area contributed by atoms with Crippen LogP contribution in [0.3, 0.4) is 0 Å². The van der Waals surface area contributed by atoms with E-state index in [2.05, 4.69) is 0 Å². The van der Waals surface area contributed by atoms with Crippen molar-refractivity contribution in [2.45, 2.75) is 33.3 Å². The third-order valence-corrected chi connectivity index (χ3v) is 3.73. The second kappa shape index (κ2) is 5.29. The van der Waals surface area contributed by atoms with Gasteiger partial charge in [-0.2, -0.15) is 0 Å². The van der Waals surface area contributed by atoms with Crippen molar-refractivity contribution in [2.75, 3.05) is 6.61 Å². The van der Waals surface area contributed by atoms with Gasteiger partial charge in [-0.05, 0) is 33.8 Å². The van der Waals surface area contributed by atoms with E-state index in [9.17, 15) is 9.90 Å². The predicted octanol–water partition coefficient (Wildman–Crippen LogP) is 3.14. The molecule has 4 heteroatoms. The van der Waals surface area contributed by atoms with Gasteiger partial charge in [-0.3, -0.25) is 4.79 Å². The topological polar surface area (TPSA) is 46.5 Å². The number of benzene rings is 1. The average molecular weight is 271 g/mol. The minimum absolute atomic E-state index is 0.279. The molecule has 0 spiro atoms. The number of hydrogen-bond acceptors (Lipinski definition) is 3. The van der Waals surface area contributed by atoms with Crippen LogP contribution in [0.5, 0.6) is 0 Å². The first-order valence-corrected chi connectivity index (χ1v) is 6.27. The Balaban J connectivity index is 3.20. The Kier molecular flexibility index (Phi) is 4.41. The quantitative estimate of drug-likeness (QED) is 0.855. The molecule has 1 rings (SSSR count). The van der Waals surface area contributed by atoms with Gasteiger partial charge in [0.2, 0.25) is 0 Å². The molecule has 1 N–H and O–H groups in total. The lowest BCUT2D eigenvalue weighted by Crippen LogP contribution is -2.46. The van der Waals surface area contributed by atoms with E-state index in [-0.39, 0.29) is 6.61 Å². The van der Waals surface area contributed by atoms with E-state index in [1.807, 2.05) is 0 Å². The molecule has 0 saturated heterocycles. The Morgan fingerprint density at radius 1 is 1.33 bits per heavy atom. The third kappa shape index (κ3) is 2.52. The Hall–Kier alpha value is -1.06. The first kappa shape index (κ1) is 15.0. The number of halogens is 1. The van der Waals surface area contributed by atoms with Crippen LogP contribution in [0.2, 0.25) is 5.02 Å². The van der Waals surface area contributed by atoms with E-state index < -0.39 is 17.0 Å². The van der Waals surface area contributed by atoms with Crippen LogP contribution >= 0.6 is 11.6 Å². The van der Waals surface area contributed by atoms with Gasteiger partial charge in [0, 0.05) is 10.6 Å². The lowest BCUT2D eigenvalue weighted by molar-refractivity contribution is -0.170. The molecule has 1 aromatic rings. The van der Waals surface area contributed by atoms with Gasteiger partial charge >= 0.3 is 5.97 Å². The van der Waals surface area contributed by atoms with Crippen molar-refractivity contribution >= 4 is 17.6 Å². The molecule has 0 aromatic heterocycles. The summed E-state index contributed by atoms with van der Waals surface area (Å²) < 4.78 is 5.01. The molecule has 0 amide bonds. The molecule has 1 aromatic carbocycles. The highest BCUT2D eigenvalue weighted by Gasteiger charge is 2.48. The van der Waals surface area contributed by atoms with Crippen LogP contribution in [0.4, 0.5) is 0 Å². The van der Waals surface area contributed by atoms with E-state index in [1.165, 1.54) is 0 Å². The number of hydrogen-bond donors (Lipinski definition) is 1. The van der Waals surface area contributed by atoms with Gasteiger partial charge in [-0.25, -0.2) is 0 Å². The molecular formula is C14H19ClO3. The number of esters is 1. The summed E-state index contributed by atoms with van der Waals surface area (Å²) >= 11 is 6.08. The molecule has 0 saturated carbocycles. The van der Waals surface area contributed by atoms with Crippen LogP contribution < -0.4 is 0 Å². The minimum Gasteiger partial charge on any atom is -0.465 e. The van der Waals surface area contributed by atoms with Gasteiger partial charge in [-0.1, -0.05) is 29.8 Å². The fourth-order valence-corrected chi connectivity index (χ4v) is 2.02. The Morgan fingerprint density at radius 3 is 2.39 bits per heavy atom. The molecule has 0 fully saturated rings. The van der Waals surface area contributed by atoms with Gasteiger partial charge in [0.05, 0.1) is 12.0 Å². The molecule has 100 valence electrons. The molecule has 1 atom stereocenters. The average Bonchev–Trinajstić information content (AvgIpc) is 2.29. The summed E-state index contributed by atoms with van der Waals surface area (Å²) in [6.45, 7) is 6.88. The zero-order chi connectivity index (χ0) is 14.0. The minimum atomic E-state index is -1.41. The van der Waals surface area contributed by atoms with Gasteiger partial charge < -0.3 is 9.84 Å². The van der Waals surface area contributed by atoms with Crippen LogP contribution in [0.15, 0.2) is 24.3 Å². The maximum absolute atomic E-state index is 12.0. The predicted molar refractivity (Wildman–Crippen MR) is 71.4 cm³/mol. The molecule has 18 heavy (non-hydrogen) atoms. The fourth-order valence-electron chi connectivity index (χ4n) is 1.70. The van der Waals surface area contributed by atoms with Crippen LogP contribution in [-0.4, -0.2) is 17.7 Å². The van der Waals surface area contributed by atoms with Gasteiger partial charge in [0.1, 0.15) is 5.60 Å². The van der Waals surface area contributed by atoms with Crippen molar-refractivity contribution in [3.8, 4) is 0 Å². The van der Waals surface area contributed by atoms with E-state index in [1.54, 1.807) is 52.0 Å². The second-order valence-electron chi connectivity index (χ2n) is 4.90. The van der Waals surface area contributed by atoms with E-state index in [4.69, 9.17) is 16.3 Å². The largest absolute Gasteiger partial charge is 0.465 e. The number of ether oxygens (including phenoxy) is 1. The van der Waals surface area contributed by atoms with Gasteiger partial charge in [0.25, 0.3) is 0 Å². The lowest BCUT2D eigenvalue weighted by atomic mass is 9.72. The van der Waals surface area contributed by atoms with Crippen LogP contribution in [0.25, 0.3) is 0 Å². The highest BCUT2D eigenvalue weighted by molar-refractivity contribution is 6.31. The molecule has 0 heterocycles. The SMILES string of the molecule is CCOC(=O)C(C)(C)C(C)(O)c1ccccc1Cl. The molecule has 1 unspecified atom stereocenters. The van der Waals surface area contributed by atoms with Gasteiger partial charge in [-0.15, -0.1) is 0 Å². The summed E-state index contributed by atoms with van der Waals surface area (Å²) in [6, 6.07) is 6.95. The summed E-state index contributed by atoms with van der Waals surface area (Å²) in [6.07, 6.45) is 0. The lowest BCUT2D eigenvalue weighted by Gasteiger charge is -2.38. The fraction of sp³-hybridized carbons (Fsp3) is 0.500. The van der Waals surface area contributed by atoms with Crippen molar-refractivity contribution in [3.63, 3.8) is 0 Å². The normalized spacial score (nSPS) is 15.0. The van der Waals surface area contributed by atoms with Crippen molar-refractivity contribution < 1.29 is 14.6 Å². The number of carbonyl (C=O) groups excluding carboxylic acids is 1. The van der Waals surface area contributed by atoms with Crippen molar-refractivity contribution in [1.82, 2.24) is 0 Å². The summed E-state index contributed by atoms with van der Waals surface area (Å²) in [5.74, 6) is -0.449. The Morgan fingerprint density at radius 2 is 1.89 bits per heavy atom. The monoisotopic (exact) mass is 270 g/mol. The second-order valence-corrected chi connectivity index (χ2v) is 5.30. The molecule has 0 aliphatic heterocycles.